The Bertz CT molecular complexity index is 1160. The lowest BCUT2D eigenvalue weighted by Crippen LogP contribution is -2.84. The molecule has 3 atom stereocenters. The number of nitrogens with two attached hydrogens (primary N) is 1. The summed E-state index contributed by atoms with van der Waals surface area (Å²) in [4.78, 5) is 28.5. The van der Waals surface area contributed by atoms with E-state index in [1.54, 1.807) is 38.3 Å². The molecule has 0 radical (unpaired) electrons. The van der Waals surface area contributed by atoms with Crippen molar-refractivity contribution in [1.82, 2.24) is 0 Å². The summed E-state index contributed by atoms with van der Waals surface area (Å²) in [6.07, 6.45) is 0. The van der Waals surface area contributed by atoms with Crippen LogP contribution >= 0.6 is 15.9 Å². The molecule has 4 rings (SSSR count). The van der Waals surface area contributed by atoms with Gasteiger partial charge in [-0.05, 0) is 74.5 Å². The van der Waals surface area contributed by atoms with Crippen LogP contribution < -0.4 is 15.0 Å². The van der Waals surface area contributed by atoms with Crippen molar-refractivity contribution in [2.24, 2.45) is 5.41 Å². The topological polar surface area (TPSA) is 83.5 Å². The summed E-state index contributed by atoms with van der Waals surface area (Å²) in [6, 6.07) is 23.3. The third kappa shape index (κ3) is 3.86. The van der Waals surface area contributed by atoms with E-state index in [4.69, 9.17) is 4.74 Å². The SMILES string of the molecule is COc1ccc([C@@H]([NH2+]c2ccccc2)[C@]2(C)C(=O)N(c3ccc(Br)cc3)C(=O)[C@]2(C)O)cc1. The van der Waals surface area contributed by atoms with Crippen molar-refractivity contribution < 1.29 is 24.7 Å². The van der Waals surface area contributed by atoms with Crippen LogP contribution in [0, 0.1) is 5.41 Å². The molecule has 1 aliphatic heterocycles. The van der Waals surface area contributed by atoms with Crippen molar-refractivity contribution in [2.45, 2.75) is 25.5 Å². The van der Waals surface area contributed by atoms with E-state index < -0.39 is 28.9 Å². The summed E-state index contributed by atoms with van der Waals surface area (Å²) in [5.74, 6) is -0.412. The van der Waals surface area contributed by atoms with Gasteiger partial charge in [0.05, 0.1) is 12.8 Å². The summed E-state index contributed by atoms with van der Waals surface area (Å²) in [7, 11) is 1.59. The van der Waals surface area contributed by atoms with Gasteiger partial charge in [-0.1, -0.05) is 34.1 Å². The molecule has 0 unspecified atom stereocenters. The van der Waals surface area contributed by atoms with Crippen molar-refractivity contribution in [3.63, 3.8) is 0 Å². The van der Waals surface area contributed by atoms with E-state index in [0.29, 0.717) is 11.4 Å². The van der Waals surface area contributed by atoms with Crippen LogP contribution in [0.25, 0.3) is 0 Å². The molecular weight excluding hydrogens is 484 g/mol. The number of para-hydroxylation sites is 1. The highest BCUT2D eigenvalue weighted by atomic mass is 79.9. The molecule has 1 fully saturated rings. The molecule has 2 amide bonds. The molecule has 1 heterocycles. The number of imide groups is 1. The number of ether oxygens (including phenoxy) is 1. The van der Waals surface area contributed by atoms with Crippen molar-refractivity contribution >= 4 is 39.1 Å². The first-order valence-corrected chi connectivity index (χ1v) is 11.4. The van der Waals surface area contributed by atoms with Crippen molar-refractivity contribution in [1.29, 1.82) is 0 Å². The van der Waals surface area contributed by atoms with Gasteiger partial charge in [-0.15, -0.1) is 0 Å². The minimum Gasteiger partial charge on any atom is -0.497 e. The van der Waals surface area contributed by atoms with Gasteiger partial charge >= 0.3 is 0 Å². The van der Waals surface area contributed by atoms with Crippen molar-refractivity contribution in [3.8, 4) is 5.75 Å². The molecule has 3 aromatic rings. The van der Waals surface area contributed by atoms with Crippen LogP contribution in [0.3, 0.4) is 0 Å². The zero-order valence-electron chi connectivity index (χ0n) is 18.7. The number of hydrogen-bond donors (Lipinski definition) is 2. The molecule has 7 heteroatoms. The van der Waals surface area contributed by atoms with Gasteiger partial charge in [-0.2, -0.15) is 0 Å². The van der Waals surface area contributed by atoms with Crippen molar-refractivity contribution in [3.05, 3.63) is 88.9 Å². The lowest BCUT2D eigenvalue weighted by molar-refractivity contribution is -0.634. The fourth-order valence-electron chi connectivity index (χ4n) is 4.40. The summed E-state index contributed by atoms with van der Waals surface area (Å²) in [5.41, 5.74) is -1.29. The number of anilines is 1. The lowest BCUT2D eigenvalue weighted by Gasteiger charge is -2.37. The van der Waals surface area contributed by atoms with Gasteiger partial charge in [-0.25, -0.2) is 4.90 Å². The van der Waals surface area contributed by atoms with Crippen LogP contribution in [-0.2, 0) is 9.59 Å². The smallest absolute Gasteiger partial charge is 0.266 e. The zero-order chi connectivity index (χ0) is 23.8. The monoisotopic (exact) mass is 509 g/mol. The fraction of sp³-hybridized carbons (Fsp3) is 0.231. The number of amides is 2. The number of halogens is 1. The molecule has 6 nitrogen and oxygen atoms in total. The quantitative estimate of drug-likeness (QED) is 0.391. The van der Waals surface area contributed by atoms with Gasteiger partial charge in [0.25, 0.3) is 5.91 Å². The molecule has 0 aliphatic carbocycles. The van der Waals surface area contributed by atoms with Crippen LogP contribution in [0.5, 0.6) is 5.75 Å². The van der Waals surface area contributed by atoms with Crippen LogP contribution in [0.4, 0.5) is 11.4 Å². The molecule has 3 N–H and O–H groups in total. The first-order chi connectivity index (χ1) is 15.7. The van der Waals surface area contributed by atoms with Crippen LogP contribution in [0.15, 0.2) is 83.3 Å². The number of carbonyl (C=O) groups is 2. The zero-order valence-corrected chi connectivity index (χ0v) is 20.2. The standard InChI is InChI=1S/C26H25BrN2O4/c1-25(23(30)29(24(31)26(25,2)32)20-13-11-18(27)12-14-20)22(28-19-7-5-4-6-8-19)17-9-15-21(33-3)16-10-17/h4-16,22,28,32H,1-3H3/p+1/t22-,25-,26+/m1/s1. The Morgan fingerprint density at radius 3 is 2.09 bits per heavy atom. The molecule has 0 saturated carbocycles. The maximum Gasteiger partial charge on any atom is 0.266 e. The minimum atomic E-state index is -1.94. The normalized spacial score (nSPS) is 23.6. The van der Waals surface area contributed by atoms with E-state index in [2.05, 4.69) is 15.9 Å². The second-order valence-electron chi connectivity index (χ2n) is 8.52. The Balaban J connectivity index is 1.85. The number of benzene rings is 3. The molecule has 1 saturated heterocycles. The van der Waals surface area contributed by atoms with Crippen LogP contribution in [0.1, 0.15) is 25.5 Å². The molecule has 1 aliphatic rings. The Kier molecular flexibility index (Phi) is 6.14. The number of nitrogens with zero attached hydrogens (tertiary/aromatic N) is 1. The van der Waals surface area contributed by atoms with Gasteiger partial charge in [0, 0.05) is 10.0 Å². The number of hydrogen-bond acceptors (Lipinski definition) is 4. The first kappa shape index (κ1) is 23.2. The van der Waals surface area contributed by atoms with Gasteiger partial charge in [0.2, 0.25) is 5.91 Å². The molecule has 170 valence electrons. The lowest BCUT2D eigenvalue weighted by atomic mass is 9.68. The molecule has 0 spiro atoms. The van der Waals surface area contributed by atoms with Crippen molar-refractivity contribution in [2.75, 3.05) is 12.0 Å². The number of rotatable bonds is 6. The largest absolute Gasteiger partial charge is 0.497 e. The summed E-state index contributed by atoms with van der Waals surface area (Å²) in [6.45, 7) is 3.10. The highest BCUT2D eigenvalue weighted by Gasteiger charge is 2.69. The van der Waals surface area contributed by atoms with E-state index in [1.165, 1.54) is 6.92 Å². The number of aliphatic hydroxyl groups is 1. The predicted molar refractivity (Wildman–Crippen MR) is 129 cm³/mol. The highest BCUT2D eigenvalue weighted by molar-refractivity contribution is 9.10. The van der Waals surface area contributed by atoms with Crippen LogP contribution in [-0.4, -0.2) is 29.6 Å². The average Bonchev–Trinajstić information content (AvgIpc) is 2.96. The number of methoxy groups -OCH3 is 1. The van der Waals surface area contributed by atoms with E-state index in [9.17, 15) is 14.7 Å². The average molecular weight is 510 g/mol. The van der Waals surface area contributed by atoms with Gasteiger partial charge in [0.1, 0.15) is 22.9 Å². The number of quaternary nitrogens is 1. The Hall–Kier alpha value is -3.00. The third-order valence-corrected chi connectivity index (χ3v) is 7.15. The predicted octanol–water partition coefficient (Wildman–Crippen LogP) is 3.72. The maximum atomic E-state index is 14.0. The summed E-state index contributed by atoms with van der Waals surface area (Å²) in [5, 5.41) is 13.5. The molecule has 33 heavy (non-hydrogen) atoms. The highest BCUT2D eigenvalue weighted by Crippen LogP contribution is 2.50. The molecule has 0 bridgehead atoms. The van der Waals surface area contributed by atoms with E-state index in [1.807, 2.05) is 59.9 Å². The molecule has 0 aromatic heterocycles. The second-order valence-corrected chi connectivity index (χ2v) is 9.44. The third-order valence-electron chi connectivity index (χ3n) is 6.62. The Morgan fingerprint density at radius 2 is 1.52 bits per heavy atom. The molecule has 3 aromatic carbocycles. The fourth-order valence-corrected chi connectivity index (χ4v) is 4.66. The van der Waals surface area contributed by atoms with Gasteiger partial charge in [-0.3, -0.25) is 9.59 Å². The Labute approximate surface area is 201 Å². The Morgan fingerprint density at radius 1 is 0.909 bits per heavy atom. The summed E-state index contributed by atoms with van der Waals surface area (Å²) >= 11 is 3.38. The van der Waals surface area contributed by atoms with Gasteiger partial charge < -0.3 is 15.2 Å². The maximum absolute atomic E-state index is 14.0. The van der Waals surface area contributed by atoms with Crippen LogP contribution in [0.2, 0.25) is 0 Å². The number of carbonyl (C=O) groups excluding carboxylic acids is 2. The second kappa shape index (κ2) is 8.74. The minimum absolute atomic E-state index is 0.422. The van der Waals surface area contributed by atoms with E-state index in [-0.39, 0.29) is 0 Å². The van der Waals surface area contributed by atoms with Gasteiger partial charge in [0.15, 0.2) is 5.60 Å². The van der Waals surface area contributed by atoms with E-state index >= 15 is 0 Å². The molecular formula is C26H26BrN2O4+. The first-order valence-electron chi connectivity index (χ1n) is 10.6. The summed E-state index contributed by atoms with van der Waals surface area (Å²) < 4.78 is 6.12. The van der Waals surface area contributed by atoms with E-state index in [0.717, 1.165) is 20.6 Å².